The van der Waals surface area contributed by atoms with E-state index in [-0.39, 0.29) is 17.3 Å². The van der Waals surface area contributed by atoms with Crippen LogP contribution in [0.2, 0.25) is 0 Å². The van der Waals surface area contributed by atoms with E-state index in [2.05, 4.69) is 25.3 Å². The lowest BCUT2D eigenvalue weighted by Gasteiger charge is -2.32. The SMILES string of the molecule is O=C(c1nnc(-c2ccc(F)c(F)c2)o1)N1CCc2[nH]cnc2[C@@H]1c1cc2ccccn2n1. The van der Waals surface area contributed by atoms with E-state index in [1.807, 2.05) is 30.5 Å². The summed E-state index contributed by atoms with van der Waals surface area (Å²) in [5.41, 5.74) is 3.31. The topological polar surface area (TPSA) is 105 Å². The van der Waals surface area contributed by atoms with Gasteiger partial charge in [0, 0.05) is 30.4 Å². The zero-order valence-corrected chi connectivity index (χ0v) is 16.9. The number of amides is 1. The van der Waals surface area contributed by atoms with E-state index in [9.17, 15) is 13.6 Å². The Kier molecular flexibility index (Phi) is 4.28. The molecule has 1 aliphatic heterocycles. The van der Waals surface area contributed by atoms with Gasteiger partial charge < -0.3 is 14.3 Å². The highest BCUT2D eigenvalue weighted by molar-refractivity contribution is 5.90. The van der Waals surface area contributed by atoms with Gasteiger partial charge in [-0.15, -0.1) is 10.2 Å². The molecule has 0 bridgehead atoms. The third-order valence-corrected chi connectivity index (χ3v) is 5.63. The number of aromatic amines is 1. The second-order valence-electron chi connectivity index (χ2n) is 7.60. The highest BCUT2D eigenvalue weighted by Crippen LogP contribution is 2.34. The molecule has 0 saturated carbocycles. The highest BCUT2D eigenvalue weighted by Gasteiger charge is 2.38. The van der Waals surface area contributed by atoms with Crippen molar-refractivity contribution in [2.75, 3.05) is 6.54 Å². The maximum absolute atomic E-state index is 13.6. The minimum absolute atomic E-state index is 0.0843. The number of H-pyrrole nitrogens is 1. The summed E-state index contributed by atoms with van der Waals surface area (Å²) in [5, 5.41) is 12.3. The second kappa shape index (κ2) is 7.33. The first-order valence-corrected chi connectivity index (χ1v) is 10.1. The maximum atomic E-state index is 13.6. The van der Waals surface area contributed by atoms with Crippen LogP contribution in [0.1, 0.15) is 33.8 Å². The molecule has 5 aromatic rings. The van der Waals surface area contributed by atoms with Gasteiger partial charge in [-0.2, -0.15) is 5.10 Å². The number of benzene rings is 1. The average Bonchev–Trinajstić information content (AvgIpc) is 3.58. The van der Waals surface area contributed by atoms with Crippen LogP contribution in [0.5, 0.6) is 0 Å². The fourth-order valence-corrected chi connectivity index (χ4v) is 4.06. The van der Waals surface area contributed by atoms with Crippen molar-refractivity contribution in [1.82, 2.24) is 34.7 Å². The van der Waals surface area contributed by atoms with Crippen molar-refractivity contribution in [3.8, 4) is 11.5 Å². The smallest absolute Gasteiger partial charge is 0.312 e. The first kappa shape index (κ1) is 19.3. The van der Waals surface area contributed by atoms with Crippen LogP contribution in [0.3, 0.4) is 0 Å². The molecule has 1 aliphatic rings. The molecule has 6 rings (SSSR count). The molecule has 9 nitrogen and oxygen atoms in total. The summed E-state index contributed by atoms with van der Waals surface area (Å²) in [5.74, 6) is -2.89. The van der Waals surface area contributed by atoms with E-state index in [1.54, 1.807) is 15.7 Å². The number of fused-ring (bicyclic) bond motifs is 2. The Balaban J connectivity index is 1.38. The fourth-order valence-electron chi connectivity index (χ4n) is 4.06. The van der Waals surface area contributed by atoms with Crippen LogP contribution in [0, 0.1) is 11.6 Å². The summed E-state index contributed by atoms with van der Waals surface area (Å²) in [6.07, 6.45) is 3.98. The molecule has 0 fully saturated rings. The molecular formula is C22H15F2N7O2. The summed E-state index contributed by atoms with van der Waals surface area (Å²) in [4.78, 5) is 22.6. The lowest BCUT2D eigenvalue weighted by Crippen LogP contribution is -2.41. The monoisotopic (exact) mass is 447 g/mol. The van der Waals surface area contributed by atoms with Crippen molar-refractivity contribution in [2.45, 2.75) is 12.5 Å². The van der Waals surface area contributed by atoms with Gasteiger partial charge in [0.15, 0.2) is 11.6 Å². The zero-order chi connectivity index (χ0) is 22.5. The van der Waals surface area contributed by atoms with Crippen molar-refractivity contribution in [2.24, 2.45) is 0 Å². The quantitative estimate of drug-likeness (QED) is 0.456. The molecule has 0 unspecified atom stereocenters. The van der Waals surface area contributed by atoms with E-state index < -0.39 is 23.6 Å². The lowest BCUT2D eigenvalue weighted by atomic mass is 9.99. The van der Waals surface area contributed by atoms with Gasteiger partial charge in [-0.3, -0.25) is 4.79 Å². The Morgan fingerprint density at radius 3 is 2.88 bits per heavy atom. The van der Waals surface area contributed by atoms with Gasteiger partial charge in [-0.25, -0.2) is 18.3 Å². The van der Waals surface area contributed by atoms with Crippen LogP contribution < -0.4 is 0 Å². The van der Waals surface area contributed by atoms with E-state index in [0.717, 1.165) is 23.3 Å². The van der Waals surface area contributed by atoms with Gasteiger partial charge in [0.1, 0.15) is 6.04 Å². The van der Waals surface area contributed by atoms with Gasteiger partial charge >= 0.3 is 11.8 Å². The Labute approximate surface area is 184 Å². The molecular weight excluding hydrogens is 432 g/mol. The molecule has 1 atom stereocenters. The molecule has 5 heterocycles. The van der Waals surface area contributed by atoms with E-state index in [1.165, 1.54) is 6.07 Å². The summed E-state index contributed by atoms with van der Waals surface area (Å²) in [6.45, 7) is 0.370. The van der Waals surface area contributed by atoms with Crippen LogP contribution in [-0.4, -0.2) is 47.1 Å². The third kappa shape index (κ3) is 3.16. The summed E-state index contributed by atoms with van der Waals surface area (Å²) < 4.78 is 34.1. The second-order valence-corrected chi connectivity index (χ2v) is 7.60. The van der Waals surface area contributed by atoms with Crippen LogP contribution in [0.4, 0.5) is 8.78 Å². The number of carbonyl (C=O) groups is 1. The number of hydrogen-bond acceptors (Lipinski definition) is 6. The standard InChI is InChI=1S/C22H15F2N7O2/c23-14-5-4-12(9-15(14)24)20-27-28-21(33-20)22(32)30-8-6-16-18(26-11-25-16)19(30)17-10-13-3-1-2-7-31(13)29-17/h1-5,7,9-11,19H,6,8H2,(H,25,26)/t19-/m0/s1. The molecule has 1 N–H and O–H groups in total. The van der Waals surface area contributed by atoms with Crippen LogP contribution in [0.25, 0.3) is 17.0 Å². The Bertz CT molecular complexity index is 1470. The lowest BCUT2D eigenvalue weighted by molar-refractivity contribution is 0.0646. The third-order valence-electron chi connectivity index (χ3n) is 5.63. The molecule has 0 saturated heterocycles. The number of carbonyl (C=O) groups excluding carboxylic acids is 1. The Morgan fingerprint density at radius 1 is 1.12 bits per heavy atom. The van der Waals surface area contributed by atoms with Crippen LogP contribution >= 0.6 is 0 Å². The molecule has 33 heavy (non-hydrogen) atoms. The molecule has 1 amide bonds. The predicted molar refractivity (Wildman–Crippen MR) is 110 cm³/mol. The minimum Gasteiger partial charge on any atom is -0.412 e. The van der Waals surface area contributed by atoms with E-state index >= 15 is 0 Å². The normalized spacial score (nSPS) is 15.7. The molecule has 0 aliphatic carbocycles. The van der Waals surface area contributed by atoms with Crippen molar-refractivity contribution in [3.63, 3.8) is 0 Å². The number of rotatable bonds is 3. The van der Waals surface area contributed by atoms with Crippen molar-refractivity contribution >= 4 is 11.4 Å². The molecule has 164 valence electrons. The minimum atomic E-state index is -1.05. The molecule has 1 aromatic carbocycles. The molecule has 0 spiro atoms. The van der Waals surface area contributed by atoms with E-state index in [0.29, 0.717) is 24.4 Å². The predicted octanol–water partition coefficient (Wildman–Crippen LogP) is 3.17. The van der Waals surface area contributed by atoms with Crippen LogP contribution in [-0.2, 0) is 6.42 Å². The van der Waals surface area contributed by atoms with Gasteiger partial charge in [-0.1, -0.05) is 6.07 Å². The number of aromatic nitrogens is 6. The highest BCUT2D eigenvalue weighted by atomic mass is 19.2. The zero-order valence-electron chi connectivity index (χ0n) is 16.9. The van der Waals surface area contributed by atoms with Gasteiger partial charge in [-0.05, 0) is 36.4 Å². The Hall–Kier alpha value is -4.41. The summed E-state index contributed by atoms with van der Waals surface area (Å²) >= 11 is 0. The fraction of sp³-hybridized carbons (Fsp3) is 0.136. The number of nitrogens with zero attached hydrogens (tertiary/aromatic N) is 6. The first-order chi connectivity index (χ1) is 16.1. The van der Waals surface area contributed by atoms with Crippen molar-refractivity contribution < 1.29 is 18.0 Å². The molecule has 0 radical (unpaired) electrons. The molecule has 4 aromatic heterocycles. The van der Waals surface area contributed by atoms with Crippen LogP contribution in [0.15, 0.2) is 59.4 Å². The van der Waals surface area contributed by atoms with Gasteiger partial charge in [0.25, 0.3) is 0 Å². The summed E-state index contributed by atoms with van der Waals surface area (Å²) in [6, 6.07) is 10.2. The number of nitrogens with one attached hydrogen (secondary N) is 1. The maximum Gasteiger partial charge on any atom is 0.312 e. The van der Waals surface area contributed by atoms with Gasteiger partial charge in [0.05, 0.1) is 23.2 Å². The number of pyridine rings is 1. The number of hydrogen-bond donors (Lipinski definition) is 1. The van der Waals surface area contributed by atoms with Gasteiger partial charge in [0.2, 0.25) is 5.89 Å². The van der Waals surface area contributed by atoms with E-state index in [4.69, 9.17) is 4.42 Å². The molecule has 11 heteroatoms. The Morgan fingerprint density at radius 2 is 2.03 bits per heavy atom. The van der Waals surface area contributed by atoms with Crippen molar-refractivity contribution in [1.29, 1.82) is 0 Å². The summed E-state index contributed by atoms with van der Waals surface area (Å²) in [7, 11) is 0. The first-order valence-electron chi connectivity index (χ1n) is 10.1. The average molecular weight is 447 g/mol. The largest absolute Gasteiger partial charge is 0.412 e. The number of imidazole rings is 1. The number of halogens is 2. The van der Waals surface area contributed by atoms with Crippen molar-refractivity contribution in [3.05, 3.63) is 89.6 Å².